The van der Waals surface area contributed by atoms with Crippen molar-refractivity contribution in [2.45, 2.75) is 6.54 Å². The van der Waals surface area contributed by atoms with E-state index in [-0.39, 0.29) is 25.0 Å². The van der Waals surface area contributed by atoms with Gasteiger partial charge in [0.1, 0.15) is 0 Å². The lowest BCUT2D eigenvalue weighted by Crippen LogP contribution is -2.29. The van der Waals surface area contributed by atoms with Crippen LogP contribution >= 0.6 is 11.3 Å². The van der Waals surface area contributed by atoms with E-state index >= 15 is 0 Å². The van der Waals surface area contributed by atoms with Gasteiger partial charge in [-0.15, -0.1) is 11.3 Å². The van der Waals surface area contributed by atoms with Gasteiger partial charge in [0.2, 0.25) is 5.91 Å². The Morgan fingerprint density at radius 2 is 2.43 bits per heavy atom. The van der Waals surface area contributed by atoms with E-state index in [1.807, 2.05) is 0 Å². The topological polar surface area (TPSA) is 88.3 Å². The number of nitrogens with one attached hydrogen (secondary N) is 1. The highest BCUT2D eigenvalue weighted by Crippen LogP contribution is 2.17. The average molecular weight is 212 g/mol. The number of nitrogens with two attached hydrogens (primary N) is 1. The summed E-state index contributed by atoms with van der Waals surface area (Å²) in [5.41, 5.74) is 5.43. The largest absolute Gasteiger partial charge is 0.375 e. The summed E-state index contributed by atoms with van der Waals surface area (Å²) in [5, 5.41) is 2.87. The lowest BCUT2D eigenvalue weighted by Gasteiger charge is -2.09. The average Bonchev–Trinajstić information content (AvgIpc) is 2.67. The predicted octanol–water partition coefficient (Wildman–Crippen LogP) is -0.223. The van der Waals surface area contributed by atoms with E-state index in [2.05, 4.69) is 10.3 Å². The maximum atomic E-state index is 11.2. The van der Waals surface area contributed by atoms with E-state index in [1.165, 1.54) is 11.3 Å². The molecule has 1 aliphatic rings. The van der Waals surface area contributed by atoms with Gasteiger partial charge in [0, 0.05) is 11.1 Å². The van der Waals surface area contributed by atoms with E-state index < -0.39 is 0 Å². The van der Waals surface area contributed by atoms with Crippen LogP contribution in [-0.2, 0) is 11.3 Å². The van der Waals surface area contributed by atoms with Crippen molar-refractivity contribution >= 4 is 28.4 Å². The van der Waals surface area contributed by atoms with Gasteiger partial charge in [0.05, 0.1) is 13.1 Å². The number of anilines is 1. The van der Waals surface area contributed by atoms with Crippen LogP contribution in [0.25, 0.3) is 0 Å². The van der Waals surface area contributed by atoms with Crippen molar-refractivity contribution in [3.05, 3.63) is 11.1 Å². The number of imide groups is 1. The van der Waals surface area contributed by atoms with E-state index in [4.69, 9.17) is 5.73 Å². The number of amides is 3. The van der Waals surface area contributed by atoms with Crippen molar-refractivity contribution in [2.24, 2.45) is 0 Å². The molecular weight excluding hydrogens is 204 g/mol. The summed E-state index contributed by atoms with van der Waals surface area (Å²) >= 11 is 1.27. The van der Waals surface area contributed by atoms with Crippen molar-refractivity contribution in [2.75, 3.05) is 12.3 Å². The van der Waals surface area contributed by atoms with Crippen LogP contribution in [0.5, 0.6) is 0 Å². The maximum absolute atomic E-state index is 11.2. The number of carbonyl (C=O) groups is 2. The van der Waals surface area contributed by atoms with E-state index in [0.29, 0.717) is 5.13 Å². The molecule has 2 heterocycles. The first-order valence-corrected chi connectivity index (χ1v) is 4.77. The number of aromatic nitrogens is 1. The Hall–Kier alpha value is -1.63. The molecular formula is C7H8N4O2S. The smallest absolute Gasteiger partial charge is 0.324 e. The van der Waals surface area contributed by atoms with Gasteiger partial charge in [-0.2, -0.15) is 0 Å². The van der Waals surface area contributed by atoms with Gasteiger partial charge in [0.15, 0.2) is 5.13 Å². The van der Waals surface area contributed by atoms with E-state index in [1.54, 1.807) is 6.20 Å². The fraction of sp³-hybridized carbons (Fsp3) is 0.286. The summed E-state index contributed by atoms with van der Waals surface area (Å²) in [6, 6.07) is -0.359. The van der Waals surface area contributed by atoms with Crippen molar-refractivity contribution in [1.82, 2.24) is 15.2 Å². The fourth-order valence-electron chi connectivity index (χ4n) is 1.17. The lowest BCUT2D eigenvalue weighted by molar-refractivity contribution is -0.125. The van der Waals surface area contributed by atoms with Crippen LogP contribution in [0.1, 0.15) is 4.88 Å². The molecule has 0 saturated carbocycles. The zero-order valence-corrected chi connectivity index (χ0v) is 8.00. The second-order valence-electron chi connectivity index (χ2n) is 2.80. The summed E-state index contributed by atoms with van der Waals surface area (Å²) in [7, 11) is 0. The van der Waals surface area contributed by atoms with Crippen molar-refractivity contribution in [1.29, 1.82) is 0 Å². The first kappa shape index (κ1) is 8.95. The van der Waals surface area contributed by atoms with Crippen LogP contribution in [0.3, 0.4) is 0 Å². The molecule has 1 saturated heterocycles. The highest BCUT2D eigenvalue weighted by Gasteiger charge is 2.28. The number of urea groups is 1. The number of nitrogens with zero attached hydrogens (tertiary/aromatic N) is 2. The molecule has 0 aliphatic carbocycles. The standard InChI is InChI=1S/C7H8N4O2S/c8-6-9-1-4(14-6)3-11-5(12)2-10-7(11)13/h1H,2-3H2,(H2,8,9)(H,10,13). The fourth-order valence-corrected chi connectivity index (χ4v) is 1.84. The normalized spacial score (nSPS) is 16.1. The monoisotopic (exact) mass is 212 g/mol. The molecule has 0 bridgehead atoms. The van der Waals surface area contributed by atoms with Crippen LogP contribution in [0.2, 0.25) is 0 Å². The second-order valence-corrected chi connectivity index (χ2v) is 3.95. The van der Waals surface area contributed by atoms with Gasteiger partial charge in [-0.3, -0.25) is 9.69 Å². The third-order valence-electron chi connectivity index (χ3n) is 1.82. The molecule has 2 rings (SSSR count). The Kier molecular flexibility index (Phi) is 2.08. The van der Waals surface area contributed by atoms with Gasteiger partial charge < -0.3 is 11.1 Å². The molecule has 74 valence electrons. The Morgan fingerprint density at radius 3 is 2.93 bits per heavy atom. The predicted molar refractivity (Wildman–Crippen MR) is 50.5 cm³/mol. The summed E-state index contributed by atoms with van der Waals surface area (Å²) in [5.74, 6) is -0.220. The molecule has 1 aliphatic heterocycles. The molecule has 6 nitrogen and oxygen atoms in total. The van der Waals surface area contributed by atoms with Gasteiger partial charge in [-0.25, -0.2) is 9.78 Å². The van der Waals surface area contributed by atoms with Crippen LogP contribution in [0, 0.1) is 0 Å². The number of hydrogen-bond acceptors (Lipinski definition) is 5. The third kappa shape index (κ3) is 1.53. The van der Waals surface area contributed by atoms with E-state index in [9.17, 15) is 9.59 Å². The summed E-state index contributed by atoms with van der Waals surface area (Å²) in [4.78, 5) is 28.1. The first-order valence-electron chi connectivity index (χ1n) is 3.95. The SMILES string of the molecule is Nc1ncc(CN2C(=O)CNC2=O)s1. The van der Waals surface area contributed by atoms with Gasteiger partial charge in [-0.1, -0.05) is 0 Å². The first-order chi connectivity index (χ1) is 6.66. The van der Waals surface area contributed by atoms with Crippen LogP contribution in [0.4, 0.5) is 9.93 Å². The molecule has 0 radical (unpaired) electrons. The Morgan fingerprint density at radius 1 is 1.64 bits per heavy atom. The van der Waals surface area contributed by atoms with Crippen molar-refractivity contribution in [3.8, 4) is 0 Å². The molecule has 0 aromatic carbocycles. The maximum Gasteiger partial charge on any atom is 0.324 e. The summed E-state index contributed by atoms with van der Waals surface area (Å²) in [6.45, 7) is 0.326. The van der Waals surface area contributed by atoms with Crippen LogP contribution in [-0.4, -0.2) is 28.4 Å². The Balaban J connectivity index is 2.10. The number of carbonyl (C=O) groups excluding carboxylic acids is 2. The molecule has 1 aromatic heterocycles. The Bertz CT molecular complexity index is 373. The molecule has 0 unspecified atom stereocenters. The minimum absolute atomic E-state index is 0.0765. The van der Waals surface area contributed by atoms with Crippen LogP contribution in [0.15, 0.2) is 6.20 Å². The zero-order chi connectivity index (χ0) is 10.1. The second kappa shape index (κ2) is 3.26. The molecule has 0 spiro atoms. The quantitative estimate of drug-likeness (QED) is 0.663. The lowest BCUT2D eigenvalue weighted by atomic mass is 10.5. The highest BCUT2D eigenvalue weighted by atomic mass is 32.1. The number of nitrogen functional groups attached to an aromatic ring is 1. The van der Waals surface area contributed by atoms with Gasteiger partial charge in [-0.05, 0) is 0 Å². The summed E-state index contributed by atoms with van der Waals surface area (Å²) in [6.07, 6.45) is 1.57. The van der Waals surface area contributed by atoms with Crippen molar-refractivity contribution < 1.29 is 9.59 Å². The van der Waals surface area contributed by atoms with Crippen molar-refractivity contribution in [3.63, 3.8) is 0 Å². The minimum Gasteiger partial charge on any atom is -0.375 e. The number of rotatable bonds is 2. The number of thiazole rings is 1. The molecule has 3 N–H and O–H groups in total. The summed E-state index contributed by atoms with van der Waals surface area (Å²) < 4.78 is 0. The van der Waals surface area contributed by atoms with Crippen LogP contribution < -0.4 is 11.1 Å². The Labute approximate surface area is 83.7 Å². The van der Waals surface area contributed by atoms with E-state index in [0.717, 1.165) is 9.78 Å². The highest BCUT2D eigenvalue weighted by molar-refractivity contribution is 7.15. The molecule has 14 heavy (non-hydrogen) atoms. The third-order valence-corrected chi connectivity index (χ3v) is 2.63. The minimum atomic E-state index is -0.359. The van der Waals surface area contributed by atoms with Gasteiger partial charge >= 0.3 is 6.03 Å². The molecule has 7 heteroatoms. The number of hydrogen-bond donors (Lipinski definition) is 2. The molecule has 3 amide bonds. The van der Waals surface area contributed by atoms with Gasteiger partial charge in [0.25, 0.3) is 0 Å². The zero-order valence-electron chi connectivity index (χ0n) is 7.19. The molecule has 1 aromatic rings. The molecule has 0 atom stereocenters. The molecule has 1 fully saturated rings.